The molecule has 224 valence electrons. The number of aromatic nitrogens is 2. The molecule has 2 fully saturated rings. The van der Waals surface area contributed by atoms with E-state index in [1.807, 2.05) is 39.0 Å². The third-order valence-electron chi connectivity index (χ3n) is 8.41. The number of nitrogens with zero attached hydrogens (tertiary/aromatic N) is 3. The van der Waals surface area contributed by atoms with Crippen LogP contribution in [0, 0.1) is 11.6 Å². The van der Waals surface area contributed by atoms with Crippen LogP contribution in [-0.4, -0.2) is 61.9 Å². The standard InChI is InChI=1S/C31H36ClF2N5O3/c1-29(2,20-5-4-6-21(32)15-20)35-27(40)17-31(18-38(19-31)23-9-12-30(3,42)13-10-23)36-28(41)25-11-14-39(37-25)26-8-7-22(33)16-24(26)34/h4-8,11,14-16,23,42H,9-10,12-13,17-19H2,1-3H3,(H,35,40)(H,36,41). The molecule has 1 aliphatic carbocycles. The van der Waals surface area contributed by atoms with E-state index in [0.717, 1.165) is 30.5 Å². The number of benzene rings is 2. The zero-order chi connectivity index (χ0) is 30.3. The smallest absolute Gasteiger partial charge is 0.272 e. The van der Waals surface area contributed by atoms with Gasteiger partial charge in [0, 0.05) is 36.4 Å². The van der Waals surface area contributed by atoms with Gasteiger partial charge in [-0.15, -0.1) is 0 Å². The van der Waals surface area contributed by atoms with E-state index in [0.29, 0.717) is 31.0 Å². The van der Waals surface area contributed by atoms with E-state index in [2.05, 4.69) is 20.6 Å². The van der Waals surface area contributed by atoms with Crippen molar-refractivity contribution < 1.29 is 23.5 Å². The van der Waals surface area contributed by atoms with Crippen LogP contribution in [0.15, 0.2) is 54.7 Å². The average molecular weight is 600 g/mol. The lowest BCUT2D eigenvalue weighted by Gasteiger charge is -2.54. The van der Waals surface area contributed by atoms with Crippen LogP contribution >= 0.6 is 11.6 Å². The van der Waals surface area contributed by atoms with E-state index in [9.17, 15) is 23.5 Å². The molecular formula is C31H36ClF2N5O3. The minimum atomic E-state index is -0.851. The predicted molar refractivity (Wildman–Crippen MR) is 155 cm³/mol. The summed E-state index contributed by atoms with van der Waals surface area (Å²) in [5, 5.41) is 21.3. The van der Waals surface area contributed by atoms with Gasteiger partial charge in [-0.25, -0.2) is 13.5 Å². The topological polar surface area (TPSA) is 99.5 Å². The van der Waals surface area contributed by atoms with Crippen molar-refractivity contribution in [2.45, 2.75) is 75.6 Å². The summed E-state index contributed by atoms with van der Waals surface area (Å²) >= 11 is 6.18. The second-order valence-electron chi connectivity index (χ2n) is 12.5. The van der Waals surface area contributed by atoms with Crippen LogP contribution in [0.4, 0.5) is 8.78 Å². The molecule has 0 spiro atoms. The normalized spacial score (nSPS) is 22.3. The minimum Gasteiger partial charge on any atom is -0.390 e. The molecule has 1 saturated carbocycles. The molecule has 2 aromatic carbocycles. The molecule has 1 saturated heterocycles. The van der Waals surface area contributed by atoms with Crippen molar-refractivity contribution >= 4 is 23.4 Å². The van der Waals surface area contributed by atoms with Crippen molar-refractivity contribution in [2.75, 3.05) is 13.1 Å². The second-order valence-corrected chi connectivity index (χ2v) is 12.9. The van der Waals surface area contributed by atoms with Crippen molar-refractivity contribution in [1.82, 2.24) is 25.3 Å². The predicted octanol–water partition coefficient (Wildman–Crippen LogP) is 4.72. The number of halogens is 3. The Bertz CT molecular complexity index is 1470. The molecule has 0 radical (unpaired) electrons. The molecule has 8 nitrogen and oxygen atoms in total. The summed E-state index contributed by atoms with van der Waals surface area (Å²) in [6, 6.07) is 12.1. The third kappa shape index (κ3) is 6.66. The molecule has 0 bridgehead atoms. The summed E-state index contributed by atoms with van der Waals surface area (Å²) in [7, 11) is 0. The fourth-order valence-electron chi connectivity index (χ4n) is 6.01. The summed E-state index contributed by atoms with van der Waals surface area (Å²) in [5.74, 6) is -2.24. The number of hydrogen-bond donors (Lipinski definition) is 3. The molecule has 2 aliphatic rings. The molecule has 1 aliphatic heterocycles. The molecule has 42 heavy (non-hydrogen) atoms. The highest BCUT2D eigenvalue weighted by atomic mass is 35.5. The van der Waals surface area contributed by atoms with Gasteiger partial charge in [-0.05, 0) is 82.3 Å². The van der Waals surface area contributed by atoms with Crippen LogP contribution in [0.25, 0.3) is 5.69 Å². The quantitative estimate of drug-likeness (QED) is 0.348. The number of nitrogens with one attached hydrogen (secondary N) is 2. The second kappa shape index (κ2) is 11.4. The maximum Gasteiger partial charge on any atom is 0.272 e. The largest absolute Gasteiger partial charge is 0.390 e. The summed E-state index contributed by atoms with van der Waals surface area (Å²) in [6.45, 7) is 6.56. The van der Waals surface area contributed by atoms with Crippen molar-refractivity contribution in [3.8, 4) is 5.69 Å². The Morgan fingerprint density at radius 2 is 1.83 bits per heavy atom. The van der Waals surface area contributed by atoms with Gasteiger partial charge in [0.15, 0.2) is 11.5 Å². The Morgan fingerprint density at radius 1 is 1.12 bits per heavy atom. The van der Waals surface area contributed by atoms with Gasteiger partial charge in [-0.1, -0.05) is 23.7 Å². The SMILES string of the molecule is CC1(O)CCC(N2CC(CC(=O)NC(C)(C)c3cccc(Cl)c3)(NC(=O)c3ccn(-c4ccc(F)cc4F)n3)C2)CC1. The monoisotopic (exact) mass is 599 g/mol. The molecule has 11 heteroatoms. The van der Waals surface area contributed by atoms with Gasteiger partial charge < -0.3 is 15.7 Å². The number of amides is 2. The van der Waals surface area contributed by atoms with Crippen LogP contribution in [0.2, 0.25) is 5.02 Å². The first kappa shape index (κ1) is 30.1. The molecular weight excluding hydrogens is 564 g/mol. The fourth-order valence-corrected chi connectivity index (χ4v) is 6.20. The minimum absolute atomic E-state index is 0.00999. The van der Waals surface area contributed by atoms with Crippen LogP contribution in [-0.2, 0) is 10.3 Å². The lowest BCUT2D eigenvalue weighted by Crippen LogP contribution is -2.73. The molecule has 2 amide bonds. The van der Waals surface area contributed by atoms with Gasteiger partial charge in [0.25, 0.3) is 5.91 Å². The molecule has 1 aromatic heterocycles. The van der Waals surface area contributed by atoms with E-state index in [4.69, 9.17) is 11.6 Å². The fraction of sp³-hybridized carbons (Fsp3) is 0.452. The van der Waals surface area contributed by atoms with E-state index in [1.165, 1.54) is 23.0 Å². The van der Waals surface area contributed by atoms with E-state index < -0.39 is 34.2 Å². The number of aliphatic hydroxyl groups is 1. The lowest BCUT2D eigenvalue weighted by atomic mass is 9.78. The van der Waals surface area contributed by atoms with E-state index >= 15 is 0 Å². The number of hydrogen-bond acceptors (Lipinski definition) is 5. The maximum atomic E-state index is 14.3. The third-order valence-corrected chi connectivity index (χ3v) is 8.65. The van der Waals surface area contributed by atoms with Crippen LogP contribution < -0.4 is 10.6 Å². The van der Waals surface area contributed by atoms with Crippen molar-refractivity contribution in [2.24, 2.45) is 0 Å². The Kier molecular flexibility index (Phi) is 8.17. The maximum absolute atomic E-state index is 14.3. The zero-order valence-electron chi connectivity index (χ0n) is 24.0. The van der Waals surface area contributed by atoms with E-state index in [1.54, 1.807) is 6.07 Å². The molecule has 5 rings (SSSR count). The molecule has 3 aromatic rings. The first-order valence-electron chi connectivity index (χ1n) is 14.1. The highest BCUT2D eigenvalue weighted by Crippen LogP contribution is 2.36. The zero-order valence-corrected chi connectivity index (χ0v) is 24.7. The van der Waals surface area contributed by atoms with Gasteiger partial charge in [0.2, 0.25) is 5.91 Å². The summed E-state index contributed by atoms with van der Waals surface area (Å²) in [5.41, 5.74) is -1.31. The van der Waals surface area contributed by atoms with Gasteiger partial charge in [0.05, 0.1) is 23.1 Å². The van der Waals surface area contributed by atoms with Gasteiger partial charge >= 0.3 is 0 Å². The number of carbonyl (C=O) groups excluding carboxylic acids is 2. The Balaban J connectivity index is 1.31. The van der Waals surface area contributed by atoms with Crippen LogP contribution in [0.3, 0.4) is 0 Å². The van der Waals surface area contributed by atoms with E-state index in [-0.39, 0.29) is 29.8 Å². The Labute approximate surface area is 249 Å². The van der Waals surface area contributed by atoms with Crippen molar-refractivity contribution in [3.63, 3.8) is 0 Å². The summed E-state index contributed by atoms with van der Waals surface area (Å²) in [6.07, 6.45) is 4.52. The first-order valence-corrected chi connectivity index (χ1v) is 14.5. The average Bonchev–Trinajstić information content (AvgIpc) is 3.37. The highest BCUT2D eigenvalue weighted by Gasteiger charge is 2.49. The number of likely N-dealkylation sites (tertiary alicyclic amines) is 1. The highest BCUT2D eigenvalue weighted by molar-refractivity contribution is 6.30. The molecule has 0 unspecified atom stereocenters. The molecule has 3 N–H and O–H groups in total. The lowest BCUT2D eigenvalue weighted by molar-refractivity contribution is -0.127. The molecule has 2 heterocycles. The van der Waals surface area contributed by atoms with Crippen LogP contribution in [0.5, 0.6) is 0 Å². The van der Waals surface area contributed by atoms with Crippen molar-refractivity contribution in [1.29, 1.82) is 0 Å². The van der Waals surface area contributed by atoms with Crippen molar-refractivity contribution in [3.05, 3.63) is 82.6 Å². The first-order chi connectivity index (χ1) is 19.7. The van der Waals surface area contributed by atoms with Crippen LogP contribution in [0.1, 0.15) is 68.9 Å². The summed E-state index contributed by atoms with van der Waals surface area (Å²) < 4.78 is 28.8. The van der Waals surface area contributed by atoms with Gasteiger partial charge in [0.1, 0.15) is 11.5 Å². The number of carbonyl (C=O) groups is 2. The number of rotatable bonds is 8. The van der Waals surface area contributed by atoms with Gasteiger partial charge in [-0.2, -0.15) is 5.10 Å². The Morgan fingerprint density at radius 3 is 2.50 bits per heavy atom. The van der Waals surface area contributed by atoms with Gasteiger partial charge in [-0.3, -0.25) is 14.5 Å². The summed E-state index contributed by atoms with van der Waals surface area (Å²) in [4.78, 5) is 29.1. The molecule has 0 atom stereocenters. The Hall–Kier alpha value is -3.34.